The normalized spacial score (nSPS) is 29.1. The van der Waals surface area contributed by atoms with Crippen LogP contribution in [0.1, 0.15) is 32.6 Å². The number of carbonyl (C=O) groups is 1. The van der Waals surface area contributed by atoms with E-state index < -0.39 is 22.2 Å². The fourth-order valence-electron chi connectivity index (χ4n) is 2.85. The van der Waals surface area contributed by atoms with E-state index >= 15 is 0 Å². The van der Waals surface area contributed by atoms with Crippen molar-refractivity contribution in [2.45, 2.75) is 44.8 Å². The topological polar surface area (TPSA) is 77.9 Å². The molecular formula is C12H22N2O4S. The predicted octanol–water partition coefficient (Wildman–Crippen LogP) is -0.216. The summed E-state index contributed by atoms with van der Waals surface area (Å²) < 4.78 is 25.6. The second-order valence-corrected chi connectivity index (χ2v) is 7.35. The third-order valence-electron chi connectivity index (χ3n) is 3.78. The van der Waals surface area contributed by atoms with Crippen LogP contribution in [0.3, 0.4) is 0 Å². The molecule has 0 aromatic heterocycles. The Morgan fingerprint density at radius 1 is 1.32 bits per heavy atom. The van der Waals surface area contributed by atoms with E-state index in [2.05, 4.69) is 0 Å². The maximum Gasteiger partial charge on any atom is 0.241 e. The van der Waals surface area contributed by atoms with Gasteiger partial charge in [0.2, 0.25) is 15.9 Å². The van der Waals surface area contributed by atoms with Crippen molar-refractivity contribution in [2.75, 3.05) is 25.4 Å². The molecule has 1 N–H and O–H groups in total. The maximum atomic E-state index is 12.4. The lowest BCUT2D eigenvalue weighted by Gasteiger charge is -2.27. The molecule has 7 heteroatoms. The first-order valence-corrected chi connectivity index (χ1v) is 8.53. The summed E-state index contributed by atoms with van der Waals surface area (Å²) in [7, 11) is -3.32. The molecule has 110 valence electrons. The highest BCUT2D eigenvalue weighted by molar-refractivity contribution is 7.89. The molecule has 2 unspecified atom stereocenters. The van der Waals surface area contributed by atoms with Gasteiger partial charge in [0.25, 0.3) is 0 Å². The van der Waals surface area contributed by atoms with Crippen molar-refractivity contribution in [3.05, 3.63) is 0 Å². The van der Waals surface area contributed by atoms with E-state index in [1.54, 1.807) is 4.90 Å². The number of hydrogen-bond donors (Lipinski definition) is 1. The number of nitrogens with zero attached hydrogens (tertiary/aromatic N) is 2. The molecule has 2 atom stereocenters. The van der Waals surface area contributed by atoms with Crippen LogP contribution in [0.25, 0.3) is 0 Å². The van der Waals surface area contributed by atoms with Crippen LogP contribution in [0, 0.1) is 0 Å². The van der Waals surface area contributed by atoms with E-state index in [1.165, 1.54) is 4.31 Å². The Hall–Kier alpha value is -0.660. The number of sulfonamides is 1. The minimum atomic E-state index is -3.32. The van der Waals surface area contributed by atoms with Crippen molar-refractivity contribution in [2.24, 2.45) is 0 Å². The zero-order valence-electron chi connectivity index (χ0n) is 11.3. The summed E-state index contributed by atoms with van der Waals surface area (Å²) in [5.41, 5.74) is 0. The Morgan fingerprint density at radius 3 is 2.63 bits per heavy atom. The SMILES string of the molecule is CCCS(=O)(=O)N1CCCC1C(=O)N1CCC(O)C1. The van der Waals surface area contributed by atoms with Crippen LogP contribution in [0.5, 0.6) is 0 Å². The molecule has 0 aromatic carbocycles. The quantitative estimate of drug-likeness (QED) is 0.777. The van der Waals surface area contributed by atoms with Gasteiger partial charge in [0.1, 0.15) is 6.04 Å². The molecule has 0 bridgehead atoms. The van der Waals surface area contributed by atoms with Gasteiger partial charge < -0.3 is 10.0 Å². The molecule has 2 saturated heterocycles. The summed E-state index contributed by atoms with van der Waals surface area (Å²) in [6.45, 7) is 3.12. The van der Waals surface area contributed by atoms with Crippen LogP contribution in [-0.4, -0.2) is 66.2 Å². The van der Waals surface area contributed by atoms with Crippen LogP contribution >= 0.6 is 0 Å². The first-order chi connectivity index (χ1) is 8.95. The summed E-state index contributed by atoms with van der Waals surface area (Å²) in [4.78, 5) is 14.0. The first kappa shape index (κ1) is 14.7. The molecule has 2 heterocycles. The number of carbonyl (C=O) groups excluding carboxylic acids is 1. The monoisotopic (exact) mass is 290 g/mol. The van der Waals surface area contributed by atoms with Crippen LogP contribution in [0.2, 0.25) is 0 Å². The molecule has 2 aliphatic heterocycles. The minimum Gasteiger partial charge on any atom is -0.391 e. The van der Waals surface area contributed by atoms with Crippen LogP contribution in [0.15, 0.2) is 0 Å². The van der Waals surface area contributed by atoms with Gasteiger partial charge >= 0.3 is 0 Å². The van der Waals surface area contributed by atoms with Gasteiger partial charge in [-0.1, -0.05) is 6.92 Å². The molecular weight excluding hydrogens is 268 g/mol. The van der Waals surface area contributed by atoms with E-state index in [1.807, 2.05) is 6.92 Å². The minimum absolute atomic E-state index is 0.0966. The third-order valence-corrected chi connectivity index (χ3v) is 5.86. The molecule has 0 aliphatic carbocycles. The van der Waals surface area contributed by atoms with E-state index in [0.717, 1.165) is 6.42 Å². The smallest absolute Gasteiger partial charge is 0.241 e. The maximum absolute atomic E-state index is 12.4. The number of aliphatic hydroxyl groups is 1. The van der Waals surface area contributed by atoms with Gasteiger partial charge in [-0.2, -0.15) is 4.31 Å². The molecule has 0 saturated carbocycles. The number of aliphatic hydroxyl groups excluding tert-OH is 1. The van der Waals surface area contributed by atoms with Crippen molar-refractivity contribution in [3.63, 3.8) is 0 Å². The molecule has 0 spiro atoms. The Bertz CT molecular complexity index is 437. The van der Waals surface area contributed by atoms with Crippen LogP contribution < -0.4 is 0 Å². The zero-order valence-corrected chi connectivity index (χ0v) is 12.1. The fourth-order valence-corrected chi connectivity index (χ4v) is 4.59. The third kappa shape index (κ3) is 3.09. The van der Waals surface area contributed by atoms with Gasteiger partial charge in [0.05, 0.1) is 11.9 Å². The number of hydrogen-bond acceptors (Lipinski definition) is 4. The van der Waals surface area contributed by atoms with Gasteiger partial charge in [0, 0.05) is 19.6 Å². The number of amides is 1. The average Bonchev–Trinajstić information content (AvgIpc) is 2.96. The molecule has 2 aliphatic rings. The van der Waals surface area contributed by atoms with Crippen molar-refractivity contribution in [1.29, 1.82) is 0 Å². The Balaban J connectivity index is 2.08. The van der Waals surface area contributed by atoms with Gasteiger partial charge in [0.15, 0.2) is 0 Å². The molecule has 2 rings (SSSR count). The predicted molar refractivity (Wildman–Crippen MR) is 71.0 cm³/mol. The summed E-state index contributed by atoms with van der Waals surface area (Å²) in [5, 5.41) is 9.48. The van der Waals surface area contributed by atoms with E-state index in [9.17, 15) is 18.3 Å². The molecule has 0 radical (unpaired) electrons. The summed E-state index contributed by atoms with van der Waals surface area (Å²) in [5.74, 6) is -0.0481. The Morgan fingerprint density at radius 2 is 2.05 bits per heavy atom. The molecule has 19 heavy (non-hydrogen) atoms. The largest absolute Gasteiger partial charge is 0.391 e. The lowest BCUT2D eigenvalue weighted by Crippen LogP contribution is -2.47. The number of likely N-dealkylation sites (tertiary alicyclic amines) is 1. The first-order valence-electron chi connectivity index (χ1n) is 6.92. The number of β-amino-alcohol motifs (C(OH)–C–C–N with tert-alkyl or cyclic N) is 1. The fraction of sp³-hybridized carbons (Fsp3) is 0.917. The zero-order chi connectivity index (χ0) is 14.0. The summed E-state index contributed by atoms with van der Waals surface area (Å²) >= 11 is 0. The lowest BCUT2D eigenvalue weighted by atomic mass is 10.2. The van der Waals surface area contributed by atoms with E-state index in [4.69, 9.17) is 0 Å². The van der Waals surface area contributed by atoms with Crippen molar-refractivity contribution < 1.29 is 18.3 Å². The van der Waals surface area contributed by atoms with Gasteiger partial charge in [-0.05, 0) is 25.7 Å². The summed E-state index contributed by atoms with van der Waals surface area (Å²) in [6, 6.07) is -0.554. The highest BCUT2D eigenvalue weighted by Gasteiger charge is 2.41. The molecule has 2 fully saturated rings. The Kier molecular flexibility index (Phi) is 4.47. The van der Waals surface area contributed by atoms with Crippen LogP contribution in [0.4, 0.5) is 0 Å². The van der Waals surface area contributed by atoms with Crippen LogP contribution in [-0.2, 0) is 14.8 Å². The highest BCUT2D eigenvalue weighted by atomic mass is 32.2. The van der Waals surface area contributed by atoms with Crippen molar-refractivity contribution in [3.8, 4) is 0 Å². The van der Waals surface area contributed by atoms with Gasteiger partial charge in [-0.25, -0.2) is 8.42 Å². The molecule has 0 aromatic rings. The average molecular weight is 290 g/mol. The number of rotatable bonds is 4. The van der Waals surface area contributed by atoms with Gasteiger partial charge in [-0.15, -0.1) is 0 Å². The Labute approximate surface area is 114 Å². The second kappa shape index (κ2) is 5.76. The summed E-state index contributed by atoms with van der Waals surface area (Å²) in [6.07, 6.45) is 2.00. The van der Waals surface area contributed by atoms with Crippen molar-refractivity contribution >= 4 is 15.9 Å². The molecule has 6 nitrogen and oxygen atoms in total. The highest BCUT2D eigenvalue weighted by Crippen LogP contribution is 2.25. The lowest BCUT2D eigenvalue weighted by molar-refractivity contribution is -0.133. The molecule has 1 amide bonds. The van der Waals surface area contributed by atoms with Gasteiger partial charge in [-0.3, -0.25) is 4.79 Å². The van der Waals surface area contributed by atoms with E-state index in [-0.39, 0.29) is 11.7 Å². The van der Waals surface area contributed by atoms with E-state index in [0.29, 0.717) is 38.9 Å². The second-order valence-electron chi connectivity index (χ2n) is 5.31. The van der Waals surface area contributed by atoms with Crippen molar-refractivity contribution in [1.82, 2.24) is 9.21 Å². The standard InChI is InChI=1S/C12H22N2O4S/c1-2-8-19(17,18)14-6-3-4-11(14)12(16)13-7-5-10(15)9-13/h10-11,15H,2-9H2,1H3.